The van der Waals surface area contributed by atoms with E-state index in [0.29, 0.717) is 5.13 Å². The quantitative estimate of drug-likeness (QED) is 0.916. The Morgan fingerprint density at radius 1 is 1.35 bits per heavy atom. The van der Waals surface area contributed by atoms with Gasteiger partial charge in [-0.25, -0.2) is 9.37 Å². The van der Waals surface area contributed by atoms with Crippen molar-refractivity contribution < 1.29 is 9.18 Å². The van der Waals surface area contributed by atoms with E-state index in [9.17, 15) is 9.18 Å². The number of amides is 1. The van der Waals surface area contributed by atoms with E-state index in [0.717, 1.165) is 30.5 Å². The first-order valence-electron chi connectivity index (χ1n) is 6.69. The van der Waals surface area contributed by atoms with Gasteiger partial charge in [0.05, 0.1) is 11.3 Å². The first-order valence-corrected chi connectivity index (χ1v) is 7.51. The van der Waals surface area contributed by atoms with Crippen molar-refractivity contribution in [3.05, 3.63) is 45.7 Å². The van der Waals surface area contributed by atoms with E-state index in [2.05, 4.69) is 10.3 Å². The van der Waals surface area contributed by atoms with Gasteiger partial charge in [0, 0.05) is 4.88 Å². The third-order valence-electron chi connectivity index (χ3n) is 3.43. The molecule has 0 saturated heterocycles. The minimum absolute atomic E-state index is 0.0678. The van der Waals surface area contributed by atoms with Crippen LogP contribution in [0.15, 0.2) is 18.2 Å². The number of anilines is 1. The number of nitrogens with one attached hydrogen (secondary N) is 1. The zero-order valence-corrected chi connectivity index (χ0v) is 12.0. The van der Waals surface area contributed by atoms with Crippen molar-refractivity contribution in [3.8, 4) is 0 Å². The normalized spacial score (nSPS) is 13.9. The van der Waals surface area contributed by atoms with E-state index < -0.39 is 11.7 Å². The van der Waals surface area contributed by atoms with Crippen molar-refractivity contribution >= 4 is 22.4 Å². The van der Waals surface area contributed by atoms with Crippen LogP contribution in [0, 0.1) is 12.7 Å². The van der Waals surface area contributed by atoms with Gasteiger partial charge in [0.2, 0.25) is 0 Å². The van der Waals surface area contributed by atoms with Crippen LogP contribution in [0.3, 0.4) is 0 Å². The SMILES string of the molecule is Cc1ccc(F)c(C(=O)Nc2nc3c(s2)CCCC3)c1. The highest BCUT2D eigenvalue weighted by molar-refractivity contribution is 7.15. The molecular formula is C15H15FN2OS. The first kappa shape index (κ1) is 13.2. The van der Waals surface area contributed by atoms with Gasteiger partial charge in [0.15, 0.2) is 5.13 Å². The lowest BCUT2D eigenvalue weighted by Gasteiger charge is -2.06. The standard InChI is InChI=1S/C15H15FN2OS/c1-9-6-7-11(16)10(8-9)14(19)18-15-17-12-4-2-3-5-13(12)20-15/h6-8H,2-5H2,1H3,(H,17,18,19). The van der Waals surface area contributed by atoms with Gasteiger partial charge in [-0.15, -0.1) is 11.3 Å². The van der Waals surface area contributed by atoms with Gasteiger partial charge in [-0.3, -0.25) is 10.1 Å². The average Bonchev–Trinajstić information content (AvgIpc) is 2.83. The van der Waals surface area contributed by atoms with Crippen LogP contribution in [0.4, 0.5) is 9.52 Å². The van der Waals surface area contributed by atoms with Crippen LogP contribution in [0.2, 0.25) is 0 Å². The number of carbonyl (C=O) groups excluding carboxylic acids is 1. The summed E-state index contributed by atoms with van der Waals surface area (Å²) >= 11 is 1.50. The molecule has 0 spiro atoms. The van der Waals surface area contributed by atoms with Crippen molar-refractivity contribution in [1.82, 2.24) is 4.98 Å². The molecule has 0 saturated carbocycles. The summed E-state index contributed by atoms with van der Waals surface area (Å²) in [7, 11) is 0. The number of hydrogen-bond donors (Lipinski definition) is 1. The molecule has 1 heterocycles. The number of fused-ring (bicyclic) bond motifs is 1. The maximum atomic E-state index is 13.7. The lowest BCUT2D eigenvalue weighted by atomic mass is 10.0. The second-order valence-corrected chi connectivity index (χ2v) is 6.12. The molecule has 104 valence electrons. The summed E-state index contributed by atoms with van der Waals surface area (Å²) in [6.45, 7) is 1.83. The summed E-state index contributed by atoms with van der Waals surface area (Å²) in [6.07, 6.45) is 4.33. The molecule has 2 aromatic rings. The number of carbonyl (C=O) groups is 1. The van der Waals surface area contributed by atoms with E-state index in [4.69, 9.17) is 0 Å². The smallest absolute Gasteiger partial charge is 0.260 e. The Balaban J connectivity index is 1.82. The summed E-state index contributed by atoms with van der Waals surface area (Å²) in [6, 6.07) is 4.52. The van der Waals surface area contributed by atoms with Gasteiger partial charge < -0.3 is 0 Å². The number of thiazole rings is 1. The first-order chi connectivity index (χ1) is 9.63. The fraction of sp³-hybridized carbons (Fsp3) is 0.333. The van der Waals surface area contributed by atoms with Gasteiger partial charge in [-0.2, -0.15) is 0 Å². The molecule has 0 bridgehead atoms. The Hall–Kier alpha value is -1.75. The monoisotopic (exact) mass is 290 g/mol. The third kappa shape index (κ3) is 2.58. The molecule has 1 aromatic heterocycles. The summed E-state index contributed by atoms with van der Waals surface area (Å²) in [4.78, 5) is 17.8. The van der Waals surface area contributed by atoms with Crippen LogP contribution < -0.4 is 5.32 Å². The van der Waals surface area contributed by atoms with E-state index in [1.54, 1.807) is 12.1 Å². The molecule has 5 heteroatoms. The summed E-state index contributed by atoms with van der Waals surface area (Å²) in [5.41, 5.74) is 2.01. The molecule has 3 nitrogen and oxygen atoms in total. The fourth-order valence-electron chi connectivity index (χ4n) is 2.38. The molecule has 1 aliphatic carbocycles. The van der Waals surface area contributed by atoms with Crippen molar-refractivity contribution in [2.24, 2.45) is 0 Å². The second-order valence-electron chi connectivity index (χ2n) is 5.03. The molecule has 20 heavy (non-hydrogen) atoms. The molecule has 1 N–H and O–H groups in total. The molecule has 0 unspecified atom stereocenters. The largest absolute Gasteiger partial charge is 0.298 e. The van der Waals surface area contributed by atoms with Crippen LogP contribution >= 0.6 is 11.3 Å². The third-order valence-corrected chi connectivity index (χ3v) is 4.51. The van der Waals surface area contributed by atoms with Gasteiger partial charge in [-0.1, -0.05) is 11.6 Å². The number of aryl methyl sites for hydroxylation is 3. The van der Waals surface area contributed by atoms with Gasteiger partial charge >= 0.3 is 0 Å². The van der Waals surface area contributed by atoms with E-state index in [-0.39, 0.29) is 5.56 Å². The zero-order chi connectivity index (χ0) is 14.1. The molecule has 1 aliphatic rings. The van der Waals surface area contributed by atoms with Crippen molar-refractivity contribution in [1.29, 1.82) is 0 Å². The predicted molar refractivity (Wildman–Crippen MR) is 77.8 cm³/mol. The van der Waals surface area contributed by atoms with E-state index in [1.165, 1.54) is 28.7 Å². The average molecular weight is 290 g/mol. The van der Waals surface area contributed by atoms with Crippen LogP contribution in [-0.4, -0.2) is 10.9 Å². The van der Waals surface area contributed by atoms with Gasteiger partial charge in [-0.05, 0) is 44.7 Å². The van der Waals surface area contributed by atoms with Crippen LogP contribution in [0.25, 0.3) is 0 Å². The number of aromatic nitrogens is 1. The Bertz CT molecular complexity index is 642. The minimum Gasteiger partial charge on any atom is -0.298 e. The Labute approximate surface area is 120 Å². The second kappa shape index (κ2) is 5.32. The molecule has 0 aliphatic heterocycles. The Morgan fingerprint density at radius 2 is 2.15 bits per heavy atom. The molecule has 1 aromatic carbocycles. The molecule has 1 amide bonds. The molecule has 0 atom stereocenters. The zero-order valence-electron chi connectivity index (χ0n) is 11.2. The van der Waals surface area contributed by atoms with Crippen molar-refractivity contribution in [2.45, 2.75) is 32.6 Å². The topological polar surface area (TPSA) is 42.0 Å². The van der Waals surface area contributed by atoms with E-state index in [1.807, 2.05) is 6.92 Å². The summed E-state index contributed by atoms with van der Waals surface area (Å²) in [5, 5.41) is 3.28. The number of nitrogens with zero attached hydrogens (tertiary/aromatic N) is 1. The predicted octanol–water partition coefficient (Wildman–Crippen LogP) is 3.72. The fourth-order valence-corrected chi connectivity index (χ4v) is 3.43. The number of hydrogen-bond acceptors (Lipinski definition) is 3. The van der Waals surface area contributed by atoms with Crippen LogP contribution in [0.1, 0.15) is 39.3 Å². The highest BCUT2D eigenvalue weighted by atomic mass is 32.1. The highest BCUT2D eigenvalue weighted by Gasteiger charge is 2.18. The maximum Gasteiger partial charge on any atom is 0.260 e. The summed E-state index contributed by atoms with van der Waals surface area (Å²) in [5.74, 6) is -0.938. The number of halogens is 1. The highest BCUT2D eigenvalue weighted by Crippen LogP contribution is 2.29. The Morgan fingerprint density at radius 3 is 2.95 bits per heavy atom. The lowest BCUT2D eigenvalue weighted by molar-refractivity contribution is 0.102. The maximum absolute atomic E-state index is 13.7. The van der Waals surface area contributed by atoms with Crippen molar-refractivity contribution in [2.75, 3.05) is 5.32 Å². The number of rotatable bonds is 2. The van der Waals surface area contributed by atoms with Crippen LogP contribution in [0.5, 0.6) is 0 Å². The molecular weight excluding hydrogens is 275 g/mol. The molecule has 0 radical (unpaired) electrons. The lowest BCUT2D eigenvalue weighted by Crippen LogP contribution is -2.13. The number of benzene rings is 1. The minimum atomic E-state index is -0.505. The van der Waals surface area contributed by atoms with Crippen LogP contribution in [-0.2, 0) is 12.8 Å². The molecule has 3 rings (SSSR count). The van der Waals surface area contributed by atoms with E-state index >= 15 is 0 Å². The molecule has 0 fully saturated rings. The van der Waals surface area contributed by atoms with Crippen molar-refractivity contribution in [3.63, 3.8) is 0 Å². The summed E-state index contributed by atoms with van der Waals surface area (Å²) < 4.78 is 13.7. The van der Waals surface area contributed by atoms with Gasteiger partial charge in [0.1, 0.15) is 5.82 Å². The Kier molecular flexibility index (Phi) is 3.53. The van der Waals surface area contributed by atoms with Gasteiger partial charge in [0.25, 0.3) is 5.91 Å².